The van der Waals surface area contributed by atoms with E-state index in [-0.39, 0.29) is 0 Å². The second-order valence-corrected chi connectivity index (χ2v) is 13.9. The van der Waals surface area contributed by atoms with Crippen molar-refractivity contribution in [2.24, 2.45) is 0 Å². The third-order valence-electron chi connectivity index (χ3n) is 7.96. The number of hydrogen-bond donors (Lipinski definition) is 0. The van der Waals surface area contributed by atoms with E-state index in [4.69, 9.17) is 0 Å². The van der Waals surface area contributed by atoms with Gasteiger partial charge in [0.25, 0.3) is 0 Å². The van der Waals surface area contributed by atoms with Gasteiger partial charge in [-0.3, -0.25) is 0 Å². The van der Waals surface area contributed by atoms with E-state index < -0.39 is 7.92 Å². The number of fused-ring (bicyclic) bond motifs is 2. The first-order valence-electron chi connectivity index (χ1n) is 14.2. The van der Waals surface area contributed by atoms with Gasteiger partial charge >= 0.3 is 0 Å². The highest BCUT2D eigenvalue weighted by Crippen LogP contribution is 2.44. The molecule has 198 valence electrons. The molecule has 0 spiro atoms. The molecule has 0 radical (unpaired) electrons. The van der Waals surface area contributed by atoms with Crippen molar-refractivity contribution in [2.45, 2.75) is 48.5 Å². The summed E-state index contributed by atoms with van der Waals surface area (Å²) in [6.45, 7) is 15.6. The first kappa shape index (κ1) is 26.5. The fourth-order valence-electron chi connectivity index (χ4n) is 6.36. The largest absolute Gasteiger partial charge is 0.0587 e. The molecule has 0 unspecified atom stereocenters. The molecule has 0 aliphatic carbocycles. The van der Waals surface area contributed by atoms with E-state index in [1.807, 2.05) is 0 Å². The van der Waals surface area contributed by atoms with Gasteiger partial charge in [0.05, 0.1) is 0 Å². The van der Waals surface area contributed by atoms with E-state index in [9.17, 15) is 0 Å². The van der Waals surface area contributed by atoms with Crippen LogP contribution in [-0.2, 0) is 0 Å². The minimum atomic E-state index is -0.810. The summed E-state index contributed by atoms with van der Waals surface area (Å²) in [6.07, 6.45) is 0. The van der Waals surface area contributed by atoms with Crippen LogP contribution in [0.5, 0.6) is 0 Å². The average Bonchev–Trinajstić information content (AvgIpc) is 2.88. The molecule has 0 amide bonds. The number of hydrogen-bond acceptors (Lipinski definition) is 0. The summed E-state index contributed by atoms with van der Waals surface area (Å²) < 4.78 is 0. The van der Waals surface area contributed by atoms with Crippen molar-refractivity contribution in [1.29, 1.82) is 0 Å². The highest BCUT2D eigenvalue weighted by Gasteiger charge is 2.25. The van der Waals surface area contributed by atoms with Crippen LogP contribution < -0.4 is 15.9 Å². The van der Waals surface area contributed by atoms with Crippen LogP contribution in [0.15, 0.2) is 97.1 Å². The summed E-state index contributed by atoms with van der Waals surface area (Å²) >= 11 is 0. The maximum absolute atomic E-state index is 2.44. The van der Waals surface area contributed by atoms with Crippen molar-refractivity contribution >= 4 is 45.4 Å². The van der Waals surface area contributed by atoms with Gasteiger partial charge in [-0.15, -0.1) is 0 Å². The Hall–Kier alpha value is -3.73. The lowest BCUT2D eigenvalue weighted by Crippen LogP contribution is -2.23. The van der Waals surface area contributed by atoms with Gasteiger partial charge in [-0.1, -0.05) is 130 Å². The van der Waals surface area contributed by atoms with Gasteiger partial charge in [0, 0.05) is 0 Å². The van der Waals surface area contributed by atoms with Gasteiger partial charge in [0.1, 0.15) is 0 Å². The normalized spacial score (nSPS) is 11.6. The zero-order chi connectivity index (χ0) is 28.1. The van der Waals surface area contributed by atoms with Gasteiger partial charge in [-0.05, 0) is 111 Å². The maximum Gasteiger partial charge on any atom is -0.00128 e. The maximum atomic E-state index is 2.44. The molecule has 0 atom stereocenters. The van der Waals surface area contributed by atoms with Gasteiger partial charge in [-0.2, -0.15) is 0 Å². The summed E-state index contributed by atoms with van der Waals surface area (Å²) in [5.41, 5.74) is 11.9. The topological polar surface area (TPSA) is 0 Å². The van der Waals surface area contributed by atoms with Gasteiger partial charge in [-0.25, -0.2) is 0 Å². The molecule has 0 aliphatic heterocycles. The van der Waals surface area contributed by atoms with Crippen LogP contribution in [0.4, 0.5) is 0 Å². The van der Waals surface area contributed by atoms with Crippen LogP contribution >= 0.6 is 7.92 Å². The average molecular weight is 537 g/mol. The molecule has 0 fully saturated rings. The molecular formula is C39H37P. The van der Waals surface area contributed by atoms with Crippen LogP contribution in [0, 0.1) is 48.5 Å². The van der Waals surface area contributed by atoms with Crippen LogP contribution in [0.2, 0.25) is 0 Å². The summed E-state index contributed by atoms with van der Waals surface area (Å²) in [6, 6.07) is 37.5. The van der Waals surface area contributed by atoms with E-state index in [1.54, 1.807) is 0 Å². The van der Waals surface area contributed by atoms with Crippen molar-refractivity contribution in [1.82, 2.24) is 0 Å². The van der Waals surface area contributed by atoms with Crippen LogP contribution in [0.1, 0.15) is 38.9 Å². The number of rotatable bonds is 4. The van der Waals surface area contributed by atoms with Crippen molar-refractivity contribution in [3.05, 3.63) is 136 Å². The van der Waals surface area contributed by atoms with Gasteiger partial charge in [0.2, 0.25) is 0 Å². The second-order valence-electron chi connectivity index (χ2n) is 11.7. The van der Waals surface area contributed by atoms with E-state index in [2.05, 4.69) is 146 Å². The quantitative estimate of drug-likeness (QED) is 0.197. The Bertz CT molecular complexity index is 1830. The first-order valence-corrected chi connectivity index (χ1v) is 15.5. The minimum Gasteiger partial charge on any atom is -0.0587 e. The zero-order valence-corrected chi connectivity index (χ0v) is 25.6. The fourth-order valence-corrected chi connectivity index (χ4v) is 9.23. The summed E-state index contributed by atoms with van der Waals surface area (Å²) in [4.78, 5) is 0. The molecule has 40 heavy (non-hydrogen) atoms. The van der Waals surface area contributed by atoms with Crippen molar-refractivity contribution in [3.63, 3.8) is 0 Å². The van der Waals surface area contributed by atoms with Crippen molar-refractivity contribution in [3.8, 4) is 11.1 Å². The Morgan fingerprint density at radius 1 is 0.375 bits per heavy atom. The van der Waals surface area contributed by atoms with Crippen LogP contribution in [0.3, 0.4) is 0 Å². The molecule has 0 saturated carbocycles. The highest BCUT2D eigenvalue weighted by atomic mass is 31.1. The first-order chi connectivity index (χ1) is 19.2. The molecule has 1 heteroatoms. The van der Waals surface area contributed by atoms with Crippen LogP contribution in [-0.4, -0.2) is 0 Å². The van der Waals surface area contributed by atoms with Gasteiger partial charge in [0.15, 0.2) is 0 Å². The minimum absolute atomic E-state index is 0.810. The number of benzene rings is 6. The monoisotopic (exact) mass is 536 g/mol. The van der Waals surface area contributed by atoms with E-state index in [1.165, 1.54) is 87.5 Å². The molecule has 6 aromatic carbocycles. The second kappa shape index (κ2) is 10.3. The standard InChI is InChI=1S/C39H37P/c1-24-8-13-35-31(18-24)11-10-30(7)38(35)39-36-14-9-25(2)19-32(36)12-15-37(39)40(33-20-26(3)16-27(4)21-33)34-22-28(5)17-29(6)23-34/h8-23H,1-7H3. The summed E-state index contributed by atoms with van der Waals surface area (Å²) in [5.74, 6) is 0. The summed E-state index contributed by atoms with van der Waals surface area (Å²) in [5, 5.41) is 9.53. The molecule has 6 rings (SSSR count). The molecule has 0 bridgehead atoms. The Kier molecular flexibility index (Phi) is 6.85. The van der Waals surface area contributed by atoms with Crippen molar-refractivity contribution < 1.29 is 0 Å². The zero-order valence-electron chi connectivity index (χ0n) is 24.7. The number of aryl methyl sites for hydroxylation is 7. The Balaban J connectivity index is 1.79. The Morgan fingerprint density at radius 2 is 0.825 bits per heavy atom. The molecule has 6 aromatic rings. The Labute approximate surface area is 240 Å². The summed E-state index contributed by atoms with van der Waals surface area (Å²) in [7, 11) is -0.810. The fraction of sp³-hybridized carbons (Fsp3) is 0.179. The van der Waals surface area contributed by atoms with E-state index in [0.29, 0.717) is 0 Å². The molecule has 0 aliphatic rings. The molecule has 0 N–H and O–H groups in total. The predicted molar refractivity (Wildman–Crippen MR) is 179 cm³/mol. The molecule has 0 heterocycles. The predicted octanol–water partition coefficient (Wildman–Crippen LogP) is 9.58. The van der Waals surface area contributed by atoms with Crippen LogP contribution in [0.25, 0.3) is 32.7 Å². The lowest BCUT2D eigenvalue weighted by atomic mass is 9.90. The third-order valence-corrected chi connectivity index (χ3v) is 10.4. The SMILES string of the molecule is Cc1cc(C)cc(P(c2cc(C)cc(C)c2)c2ccc3cc(C)ccc3c2-c2c(C)ccc3cc(C)ccc23)c1. The highest BCUT2D eigenvalue weighted by molar-refractivity contribution is 7.80. The Morgan fingerprint density at radius 3 is 1.32 bits per heavy atom. The molecule has 0 saturated heterocycles. The molecular weight excluding hydrogens is 499 g/mol. The molecule has 0 aromatic heterocycles. The van der Waals surface area contributed by atoms with E-state index in [0.717, 1.165) is 0 Å². The lowest BCUT2D eigenvalue weighted by molar-refractivity contribution is 1.40. The van der Waals surface area contributed by atoms with E-state index >= 15 is 0 Å². The van der Waals surface area contributed by atoms with Crippen molar-refractivity contribution in [2.75, 3.05) is 0 Å². The smallest absolute Gasteiger partial charge is 0.00128 e. The van der Waals surface area contributed by atoms with Gasteiger partial charge < -0.3 is 0 Å². The lowest BCUT2D eigenvalue weighted by Gasteiger charge is -2.26. The third kappa shape index (κ3) is 4.87. The molecule has 0 nitrogen and oxygen atoms in total.